The molecule has 2 atom stereocenters. The highest BCUT2D eigenvalue weighted by Crippen LogP contribution is 2.22. The van der Waals surface area contributed by atoms with Crippen molar-refractivity contribution in [1.82, 2.24) is 16.2 Å². The number of carbonyl (C=O) groups is 1. The van der Waals surface area contributed by atoms with Crippen molar-refractivity contribution in [1.29, 1.82) is 0 Å². The average molecular weight is 329 g/mol. The maximum atomic E-state index is 13.0. The highest BCUT2D eigenvalue weighted by Gasteiger charge is 2.29. The number of carbonyl (C=O) groups excluding carboxylic acids is 1. The molecular weight excluding hydrogens is 309 g/mol. The van der Waals surface area contributed by atoms with Gasteiger partial charge in [-0.15, -0.1) is 0 Å². The molecule has 1 aliphatic rings. The highest BCUT2D eigenvalue weighted by molar-refractivity contribution is 5.82. The molecule has 1 heterocycles. The Morgan fingerprint density at radius 2 is 1.88 bits per heavy atom. The van der Waals surface area contributed by atoms with Gasteiger partial charge in [0.25, 0.3) is 0 Å². The van der Waals surface area contributed by atoms with Crippen molar-refractivity contribution in [3.8, 4) is 5.75 Å². The molecule has 0 spiro atoms. The molecule has 0 radical (unpaired) electrons. The van der Waals surface area contributed by atoms with Crippen LogP contribution < -0.4 is 20.9 Å². The lowest BCUT2D eigenvalue weighted by molar-refractivity contribution is -0.123. The van der Waals surface area contributed by atoms with Crippen molar-refractivity contribution in [3.63, 3.8) is 0 Å². The van der Waals surface area contributed by atoms with Gasteiger partial charge in [-0.1, -0.05) is 24.3 Å². The van der Waals surface area contributed by atoms with Gasteiger partial charge in [-0.2, -0.15) is 0 Å². The van der Waals surface area contributed by atoms with Crippen molar-refractivity contribution < 1.29 is 13.9 Å². The SMILES string of the molecule is COc1ccc(CNC(=O)C2CC(c3ccc(F)cc3)NN2)cc1. The van der Waals surface area contributed by atoms with Crippen LogP contribution in [0.1, 0.15) is 23.6 Å². The Morgan fingerprint density at radius 1 is 1.17 bits per heavy atom. The molecule has 5 nitrogen and oxygen atoms in total. The van der Waals surface area contributed by atoms with Gasteiger partial charge < -0.3 is 10.1 Å². The molecular formula is C18H20FN3O2. The summed E-state index contributed by atoms with van der Waals surface area (Å²) >= 11 is 0. The maximum Gasteiger partial charge on any atom is 0.238 e. The number of methoxy groups -OCH3 is 1. The number of nitrogens with one attached hydrogen (secondary N) is 3. The van der Waals surface area contributed by atoms with Crippen molar-refractivity contribution in [2.75, 3.05) is 7.11 Å². The molecule has 0 bridgehead atoms. The number of hydrogen-bond acceptors (Lipinski definition) is 4. The lowest BCUT2D eigenvalue weighted by Crippen LogP contribution is -2.42. The Kier molecular flexibility index (Phi) is 5.08. The fourth-order valence-electron chi connectivity index (χ4n) is 2.70. The highest BCUT2D eigenvalue weighted by atomic mass is 19.1. The second-order valence-corrected chi connectivity index (χ2v) is 5.75. The van der Waals surface area contributed by atoms with Gasteiger partial charge in [0.15, 0.2) is 0 Å². The van der Waals surface area contributed by atoms with Crippen LogP contribution in [0.4, 0.5) is 4.39 Å². The molecule has 24 heavy (non-hydrogen) atoms. The van der Waals surface area contributed by atoms with E-state index in [0.717, 1.165) is 16.9 Å². The molecule has 1 saturated heterocycles. The molecule has 1 fully saturated rings. The third-order valence-electron chi connectivity index (χ3n) is 4.12. The lowest BCUT2D eigenvalue weighted by atomic mass is 10.0. The quantitative estimate of drug-likeness (QED) is 0.786. The molecule has 2 unspecified atom stereocenters. The van der Waals surface area contributed by atoms with E-state index in [1.54, 1.807) is 19.2 Å². The molecule has 3 N–H and O–H groups in total. The summed E-state index contributed by atoms with van der Waals surface area (Å²) in [5, 5.41) is 2.92. The van der Waals surface area contributed by atoms with Crippen LogP contribution in [0.15, 0.2) is 48.5 Å². The van der Waals surface area contributed by atoms with Gasteiger partial charge in [-0.25, -0.2) is 15.2 Å². The predicted octanol–water partition coefficient (Wildman–Crippen LogP) is 2.06. The summed E-state index contributed by atoms with van der Waals surface area (Å²) in [6.07, 6.45) is 0.611. The van der Waals surface area contributed by atoms with Gasteiger partial charge in [0.2, 0.25) is 5.91 Å². The Balaban J connectivity index is 1.51. The standard InChI is InChI=1S/C18H20FN3O2/c1-24-15-8-2-12(3-9-15)11-20-18(23)17-10-16(21-22-17)13-4-6-14(19)7-5-13/h2-9,16-17,21-22H,10-11H2,1H3,(H,20,23). The third kappa shape index (κ3) is 3.90. The zero-order chi connectivity index (χ0) is 16.9. The molecule has 126 valence electrons. The molecule has 1 amide bonds. The number of amides is 1. The minimum absolute atomic E-state index is 0.0117. The van der Waals surface area contributed by atoms with Crippen LogP contribution in [0.25, 0.3) is 0 Å². The van der Waals surface area contributed by atoms with E-state index >= 15 is 0 Å². The zero-order valence-corrected chi connectivity index (χ0v) is 13.4. The molecule has 1 aliphatic heterocycles. The molecule has 6 heteroatoms. The second kappa shape index (κ2) is 7.42. The minimum atomic E-state index is -0.321. The summed E-state index contributed by atoms with van der Waals surface area (Å²) in [5.74, 6) is 0.454. The van der Waals surface area contributed by atoms with Crippen molar-refractivity contribution in [3.05, 3.63) is 65.5 Å². The number of hydrazine groups is 1. The van der Waals surface area contributed by atoms with Crippen molar-refractivity contribution in [2.45, 2.75) is 25.0 Å². The number of benzene rings is 2. The summed E-state index contributed by atoms with van der Waals surface area (Å²) in [6.45, 7) is 0.461. The summed E-state index contributed by atoms with van der Waals surface area (Å²) in [6, 6.07) is 13.5. The zero-order valence-electron chi connectivity index (χ0n) is 13.4. The first-order chi connectivity index (χ1) is 11.7. The van der Waals surface area contributed by atoms with E-state index in [4.69, 9.17) is 4.74 Å². The van der Waals surface area contributed by atoms with Crippen LogP contribution in [-0.4, -0.2) is 19.1 Å². The summed E-state index contributed by atoms with van der Waals surface area (Å²) in [4.78, 5) is 12.3. The van der Waals surface area contributed by atoms with E-state index in [2.05, 4.69) is 16.2 Å². The third-order valence-corrected chi connectivity index (χ3v) is 4.12. The Labute approximate surface area is 140 Å². The summed E-state index contributed by atoms with van der Waals surface area (Å²) < 4.78 is 18.1. The van der Waals surface area contributed by atoms with Gasteiger partial charge in [0, 0.05) is 12.6 Å². The van der Waals surface area contributed by atoms with Crippen LogP contribution in [0, 0.1) is 5.82 Å². The number of rotatable bonds is 5. The Bertz CT molecular complexity index is 688. The van der Waals surface area contributed by atoms with E-state index in [1.807, 2.05) is 24.3 Å². The van der Waals surface area contributed by atoms with Crippen LogP contribution >= 0.6 is 0 Å². The van der Waals surface area contributed by atoms with Crippen LogP contribution in [0.3, 0.4) is 0 Å². The van der Waals surface area contributed by atoms with Crippen LogP contribution in [-0.2, 0) is 11.3 Å². The topological polar surface area (TPSA) is 62.4 Å². The first-order valence-electron chi connectivity index (χ1n) is 7.83. The molecule has 0 aliphatic carbocycles. The van der Waals surface area contributed by atoms with Gasteiger partial charge in [-0.3, -0.25) is 4.79 Å². The fraction of sp³-hybridized carbons (Fsp3) is 0.278. The first kappa shape index (κ1) is 16.4. The molecule has 2 aromatic carbocycles. The van der Waals surface area contributed by atoms with E-state index < -0.39 is 0 Å². The first-order valence-corrected chi connectivity index (χ1v) is 7.83. The fourth-order valence-corrected chi connectivity index (χ4v) is 2.70. The molecule has 0 aromatic heterocycles. The largest absolute Gasteiger partial charge is 0.497 e. The smallest absolute Gasteiger partial charge is 0.238 e. The lowest BCUT2D eigenvalue weighted by Gasteiger charge is -2.11. The second-order valence-electron chi connectivity index (χ2n) is 5.75. The van der Waals surface area contributed by atoms with E-state index in [0.29, 0.717) is 13.0 Å². The Hall–Kier alpha value is -2.44. The van der Waals surface area contributed by atoms with E-state index in [1.165, 1.54) is 12.1 Å². The summed E-state index contributed by atoms with van der Waals surface area (Å²) in [5.41, 5.74) is 8.04. The molecule has 0 saturated carbocycles. The monoisotopic (exact) mass is 329 g/mol. The predicted molar refractivity (Wildman–Crippen MR) is 88.7 cm³/mol. The van der Waals surface area contributed by atoms with E-state index in [-0.39, 0.29) is 23.8 Å². The van der Waals surface area contributed by atoms with Gasteiger partial charge in [0.05, 0.1) is 7.11 Å². The summed E-state index contributed by atoms with van der Waals surface area (Å²) in [7, 11) is 1.62. The number of hydrogen-bond donors (Lipinski definition) is 3. The number of ether oxygens (including phenoxy) is 1. The van der Waals surface area contributed by atoms with Gasteiger partial charge in [0.1, 0.15) is 17.6 Å². The average Bonchev–Trinajstić information content (AvgIpc) is 3.11. The van der Waals surface area contributed by atoms with Crippen molar-refractivity contribution >= 4 is 5.91 Å². The normalized spacial score (nSPS) is 19.9. The molecule has 2 aromatic rings. The van der Waals surface area contributed by atoms with Crippen LogP contribution in [0.5, 0.6) is 5.75 Å². The van der Waals surface area contributed by atoms with Crippen molar-refractivity contribution in [2.24, 2.45) is 0 Å². The van der Waals surface area contributed by atoms with Gasteiger partial charge >= 0.3 is 0 Å². The number of halogens is 1. The maximum absolute atomic E-state index is 13.0. The van der Waals surface area contributed by atoms with E-state index in [9.17, 15) is 9.18 Å². The van der Waals surface area contributed by atoms with Gasteiger partial charge in [-0.05, 0) is 41.8 Å². The minimum Gasteiger partial charge on any atom is -0.497 e. The van der Waals surface area contributed by atoms with Crippen LogP contribution in [0.2, 0.25) is 0 Å². The molecule has 3 rings (SSSR count). The Morgan fingerprint density at radius 3 is 2.54 bits per heavy atom.